The van der Waals surface area contributed by atoms with Gasteiger partial charge in [0.25, 0.3) is 0 Å². The molecule has 5 nitrogen and oxygen atoms in total. The molecule has 0 aromatic heterocycles. The first-order chi connectivity index (χ1) is 6.66. The second-order valence-electron chi connectivity index (χ2n) is 3.42. The van der Waals surface area contributed by atoms with Crippen LogP contribution in [0.5, 0.6) is 0 Å². The molecule has 1 aliphatic heterocycles. The molecule has 5 heteroatoms. The summed E-state index contributed by atoms with van der Waals surface area (Å²) in [6, 6.07) is 0. The molecule has 1 heterocycles. The first-order valence-corrected chi connectivity index (χ1v) is 4.78. The van der Waals surface area contributed by atoms with Gasteiger partial charge in [0, 0.05) is 13.2 Å². The fourth-order valence-corrected chi connectivity index (χ4v) is 1.30. The van der Waals surface area contributed by atoms with Crippen LogP contribution in [0.1, 0.15) is 6.42 Å². The molecule has 0 fully saturated rings. The van der Waals surface area contributed by atoms with E-state index in [1.165, 1.54) is 0 Å². The summed E-state index contributed by atoms with van der Waals surface area (Å²) in [5.74, 6) is 0. The van der Waals surface area contributed by atoms with Crippen molar-refractivity contribution in [3.05, 3.63) is 12.3 Å². The third-order valence-corrected chi connectivity index (χ3v) is 2.25. The fourth-order valence-electron chi connectivity index (χ4n) is 1.30. The molecule has 0 saturated carbocycles. The van der Waals surface area contributed by atoms with Crippen molar-refractivity contribution in [1.29, 1.82) is 0 Å². The molecule has 0 radical (unpaired) electrons. The Hall–Kier alpha value is -0.620. The molecule has 0 spiro atoms. The maximum atomic E-state index is 9.67. The number of nitrogens with two attached hydrogens (primary N) is 1. The standard InChI is InChI=1S/C9H19N3O2/c1-11-6-4-8(12(2)9(11)13)14-7-3-5-10/h4,6,8-9,13H,3,5,7,10H2,1-2H3. The molecule has 1 rings (SSSR count). The minimum absolute atomic E-state index is 0.159. The highest BCUT2D eigenvalue weighted by molar-refractivity contribution is 4.94. The Morgan fingerprint density at radius 3 is 2.86 bits per heavy atom. The quantitative estimate of drug-likeness (QED) is 0.592. The highest BCUT2D eigenvalue weighted by Gasteiger charge is 2.25. The van der Waals surface area contributed by atoms with Crippen LogP contribution in [0.2, 0.25) is 0 Å². The first kappa shape index (κ1) is 11.5. The van der Waals surface area contributed by atoms with Crippen molar-refractivity contribution in [1.82, 2.24) is 9.80 Å². The maximum Gasteiger partial charge on any atom is 0.187 e. The van der Waals surface area contributed by atoms with Crippen molar-refractivity contribution in [2.75, 3.05) is 27.2 Å². The Morgan fingerprint density at radius 1 is 1.50 bits per heavy atom. The minimum Gasteiger partial charge on any atom is -0.361 e. The second kappa shape index (κ2) is 5.31. The van der Waals surface area contributed by atoms with Crippen LogP contribution in [0.25, 0.3) is 0 Å². The van der Waals surface area contributed by atoms with Crippen molar-refractivity contribution in [2.45, 2.75) is 19.0 Å². The lowest BCUT2D eigenvalue weighted by molar-refractivity contribution is -0.153. The summed E-state index contributed by atoms with van der Waals surface area (Å²) < 4.78 is 5.53. The van der Waals surface area contributed by atoms with Crippen molar-refractivity contribution in [3.8, 4) is 0 Å². The van der Waals surface area contributed by atoms with E-state index in [-0.39, 0.29) is 6.23 Å². The van der Waals surface area contributed by atoms with Gasteiger partial charge in [-0.1, -0.05) is 0 Å². The lowest BCUT2D eigenvalue weighted by Gasteiger charge is -2.38. The smallest absolute Gasteiger partial charge is 0.187 e. The third-order valence-electron chi connectivity index (χ3n) is 2.25. The van der Waals surface area contributed by atoms with E-state index in [0.717, 1.165) is 6.42 Å². The summed E-state index contributed by atoms with van der Waals surface area (Å²) in [6.07, 6.45) is 3.78. The van der Waals surface area contributed by atoms with E-state index in [4.69, 9.17) is 10.5 Å². The number of aliphatic hydroxyl groups is 1. The average Bonchev–Trinajstić information content (AvgIpc) is 2.18. The van der Waals surface area contributed by atoms with Crippen LogP contribution in [0.15, 0.2) is 12.3 Å². The van der Waals surface area contributed by atoms with E-state index in [1.54, 1.807) is 9.80 Å². The number of hydrogen-bond acceptors (Lipinski definition) is 5. The van der Waals surface area contributed by atoms with Gasteiger partial charge in [0.05, 0.1) is 6.61 Å². The Kier molecular flexibility index (Phi) is 4.34. The average molecular weight is 201 g/mol. The lowest BCUT2D eigenvalue weighted by atomic mass is 10.4. The summed E-state index contributed by atoms with van der Waals surface area (Å²) in [4.78, 5) is 3.46. The van der Waals surface area contributed by atoms with Crippen molar-refractivity contribution >= 4 is 0 Å². The van der Waals surface area contributed by atoms with Crippen LogP contribution in [-0.4, -0.2) is 54.7 Å². The molecule has 0 amide bonds. The highest BCUT2D eigenvalue weighted by atomic mass is 16.5. The number of hydrogen-bond donors (Lipinski definition) is 2. The van der Waals surface area contributed by atoms with Gasteiger partial charge in [-0.05, 0) is 26.1 Å². The van der Waals surface area contributed by atoms with Crippen LogP contribution < -0.4 is 5.73 Å². The zero-order valence-corrected chi connectivity index (χ0v) is 8.76. The number of ether oxygens (including phenoxy) is 1. The molecule has 3 N–H and O–H groups in total. The molecular weight excluding hydrogens is 182 g/mol. The molecule has 0 bridgehead atoms. The van der Waals surface area contributed by atoms with E-state index >= 15 is 0 Å². The zero-order valence-electron chi connectivity index (χ0n) is 8.76. The predicted molar refractivity (Wildman–Crippen MR) is 54.1 cm³/mol. The van der Waals surface area contributed by atoms with Gasteiger partial charge in [-0.2, -0.15) is 0 Å². The zero-order chi connectivity index (χ0) is 10.6. The monoisotopic (exact) mass is 201 g/mol. The van der Waals surface area contributed by atoms with E-state index in [0.29, 0.717) is 13.2 Å². The van der Waals surface area contributed by atoms with Gasteiger partial charge in [-0.25, -0.2) is 4.90 Å². The SMILES string of the molecule is CN1C=CC(OCCCN)N(C)C1O. The molecule has 2 unspecified atom stereocenters. The van der Waals surface area contributed by atoms with Crippen molar-refractivity contribution in [2.24, 2.45) is 5.73 Å². The first-order valence-electron chi connectivity index (χ1n) is 4.78. The van der Waals surface area contributed by atoms with Crippen molar-refractivity contribution < 1.29 is 9.84 Å². The van der Waals surface area contributed by atoms with Crippen LogP contribution in [-0.2, 0) is 4.74 Å². The predicted octanol–water partition coefficient (Wildman–Crippen LogP) is -0.655. The Balaban J connectivity index is 2.41. The molecule has 0 aromatic carbocycles. The van der Waals surface area contributed by atoms with E-state index < -0.39 is 6.35 Å². The van der Waals surface area contributed by atoms with E-state index in [2.05, 4.69) is 0 Å². The van der Waals surface area contributed by atoms with E-state index in [1.807, 2.05) is 26.4 Å². The maximum absolute atomic E-state index is 9.67. The van der Waals surface area contributed by atoms with Gasteiger partial charge in [0.15, 0.2) is 6.35 Å². The largest absolute Gasteiger partial charge is 0.361 e. The fraction of sp³-hybridized carbons (Fsp3) is 0.778. The topological polar surface area (TPSA) is 62.0 Å². The van der Waals surface area contributed by atoms with Gasteiger partial charge in [-0.15, -0.1) is 0 Å². The number of likely N-dealkylation sites (N-methyl/N-ethyl adjacent to an activating group) is 1. The van der Waals surface area contributed by atoms with Crippen molar-refractivity contribution in [3.63, 3.8) is 0 Å². The Bertz CT molecular complexity index is 198. The number of rotatable bonds is 4. The van der Waals surface area contributed by atoms with Crippen LogP contribution in [0.4, 0.5) is 0 Å². The Labute approximate surface area is 84.7 Å². The summed E-state index contributed by atoms with van der Waals surface area (Å²) in [7, 11) is 3.63. The lowest BCUT2D eigenvalue weighted by Crippen LogP contribution is -2.50. The summed E-state index contributed by atoms with van der Waals surface area (Å²) in [6.45, 7) is 1.24. The van der Waals surface area contributed by atoms with E-state index in [9.17, 15) is 5.11 Å². The number of nitrogens with zero attached hydrogens (tertiary/aromatic N) is 2. The Morgan fingerprint density at radius 2 is 2.21 bits per heavy atom. The van der Waals surface area contributed by atoms with Gasteiger partial charge in [0.1, 0.15) is 6.23 Å². The van der Waals surface area contributed by atoms with Crippen LogP contribution in [0, 0.1) is 0 Å². The van der Waals surface area contributed by atoms with Gasteiger partial charge < -0.3 is 20.5 Å². The molecule has 0 saturated heterocycles. The molecule has 0 aliphatic carbocycles. The van der Waals surface area contributed by atoms with Crippen LogP contribution >= 0.6 is 0 Å². The van der Waals surface area contributed by atoms with Gasteiger partial charge >= 0.3 is 0 Å². The highest BCUT2D eigenvalue weighted by Crippen LogP contribution is 2.13. The second-order valence-corrected chi connectivity index (χ2v) is 3.42. The summed E-state index contributed by atoms with van der Waals surface area (Å²) in [5, 5.41) is 9.67. The molecule has 2 atom stereocenters. The normalized spacial score (nSPS) is 28.4. The molecule has 14 heavy (non-hydrogen) atoms. The molecule has 0 aromatic rings. The van der Waals surface area contributed by atoms with Crippen LogP contribution in [0.3, 0.4) is 0 Å². The summed E-state index contributed by atoms with van der Waals surface area (Å²) in [5.41, 5.74) is 5.36. The molecule has 82 valence electrons. The number of aliphatic hydroxyl groups excluding tert-OH is 1. The molecule has 1 aliphatic rings. The van der Waals surface area contributed by atoms with Gasteiger partial charge in [0.2, 0.25) is 0 Å². The third kappa shape index (κ3) is 2.68. The summed E-state index contributed by atoms with van der Waals surface area (Å²) >= 11 is 0. The molecular formula is C9H19N3O2. The minimum atomic E-state index is -0.622. The van der Waals surface area contributed by atoms with Gasteiger partial charge in [-0.3, -0.25) is 0 Å².